The van der Waals surface area contributed by atoms with E-state index >= 15 is 0 Å². The van der Waals surface area contributed by atoms with Crippen molar-refractivity contribution in [1.29, 1.82) is 0 Å². The fourth-order valence-corrected chi connectivity index (χ4v) is 2.01. The van der Waals surface area contributed by atoms with Gasteiger partial charge >= 0.3 is 0 Å². The third kappa shape index (κ3) is 1.67. The van der Waals surface area contributed by atoms with Crippen molar-refractivity contribution in [2.24, 2.45) is 0 Å². The number of nitrogens with one attached hydrogen (secondary N) is 1. The maximum Gasteiger partial charge on any atom is 0.120 e. The predicted molar refractivity (Wildman–Crippen MR) is 62.1 cm³/mol. The quantitative estimate of drug-likeness (QED) is 0.760. The highest BCUT2D eigenvalue weighted by molar-refractivity contribution is 5.86. The Morgan fingerprint density at radius 3 is 3.00 bits per heavy atom. The molecule has 0 radical (unpaired) electrons. The van der Waals surface area contributed by atoms with E-state index in [4.69, 9.17) is 0 Å². The molecule has 2 heteroatoms. The van der Waals surface area contributed by atoms with E-state index in [0.717, 1.165) is 6.29 Å². The summed E-state index contributed by atoms with van der Waals surface area (Å²) in [5, 5.41) is 1.24. The second-order valence-corrected chi connectivity index (χ2v) is 4.04. The molecule has 0 spiro atoms. The SMILES string of the molecule is Cc1cccc2c(C(C)CC=O)c[nH]c12. The lowest BCUT2D eigenvalue weighted by atomic mass is 9.97. The van der Waals surface area contributed by atoms with Crippen LogP contribution in [-0.2, 0) is 4.79 Å². The van der Waals surface area contributed by atoms with Crippen LogP contribution in [-0.4, -0.2) is 11.3 Å². The summed E-state index contributed by atoms with van der Waals surface area (Å²) in [4.78, 5) is 13.8. The van der Waals surface area contributed by atoms with Crippen LogP contribution in [0.25, 0.3) is 10.9 Å². The Morgan fingerprint density at radius 1 is 1.47 bits per heavy atom. The molecule has 1 N–H and O–H groups in total. The summed E-state index contributed by atoms with van der Waals surface area (Å²) in [6.07, 6.45) is 3.59. The highest BCUT2D eigenvalue weighted by atomic mass is 16.1. The van der Waals surface area contributed by atoms with Gasteiger partial charge in [-0.2, -0.15) is 0 Å². The van der Waals surface area contributed by atoms with Crippen LogP contribution in [0, 0.1) is 6.92 Å². The van der Waals surface area contributed by atoms with Crippen molar-refractivity contribution in [3.63, 3.8) is 0 Å². The van der Waals surface area contributed by atoms with E-state index in [2.05, 4.69) is 37.0 Å². The molecule has 1 unspecified atom stereocenters. The third-order valence-electron chi connectivity index (χ3n) is 2.94. The smallest absolute Gasteiger partial charge is 0.120 e. The zero-order valence-corrected chi connectivity index (χ0v) is 9.08. The maximum absolute atomic E-state index is 10.5. The van der Waals surface area contributed by atoms with Gasteiger partial charge in [-0.25, -0.2) is 0 Å². The first-order valence-electron chi connectivity index (χ1n) is 5.24. The van der Waals surface area contributed by atoms with Gasteiger partial charge in [0.15, 0.2) is 0 Å². The Morgan fingerprint density at radius 2 is 2.27 bits per heavy atom. The van der Waals surface area contributed by atoms with Crippen LogP contribution >= 0.6 is 0 Å². The largest absolute Gasteiger partial charge is 0.361 e. The standard InChI is InChI=1S/C13H15NO/c1-9(6-7-15)12-8-14-13-10(2)4-3-5-11(12)13/h3-5,7-9,14H,6H2,1-2H3. The number of rotatable bonds is 3. The van der Waals surface area contributed by atoms with E-state index < -0.39 is 0 Å². The van der Waals surface area contributed by atoms with Crippen LogP contribution in [0.1, 0.15) is 30.4 Å². The Hall–Kier alpha value is -1.57. The number of aldehydes is 1. The Bertz CT molecular complexity index is 484. The molecule has 0 aliphatic rings. The molecule has 15 heavy (non-hydrogen) atoms. The molecule has 0 aliphatic carbocycles. The fourth-order valence-electron chi connectivity index (χ4n) is 2.01. The zero-order valence-electron chi connectivity index (χ0n) is 9.08. The topological polar surface area (TPSA) is 32.9 Å². The number of fused-ring (bicyclic) bond motifs is 1. The van der Waals surface area contributed by atoms with Crippen molar-refractivity contribution < 1.29 is 4.79 Å². The zero-order chi connectivity index (χ0) is 10.8. The van der Waals surface area contributed by atoms with Crippen molar-refractivity contribution in [1.82, 2.24) is 4.98 Å². The molecule has 0 amide bonds. The van der Waals surface area contributed by atoms with Crippen molar-refractivity contribution in [3.8, 4) is 0 Å². The lowest BCUT2D eigenvalue weighted by Gasteiger charge is -2.05. The number of hydrogen-bond acceptors (Lipinski definition) is 1. The van der Waals surface area contributed by atoms with E-state index in [-0.39, 0.29) is 5.92 Å². The van der Waals surface area contributed by atoms with E-state index in [0.29, 0.717) is 6.42 Å². The molecule has 78 valence electrons. The number of aromatic nitrogens is 1. The number of aromatic amines is 1. The van der Waals surface area contributed by atoms with Crippen molar-refractivity contribution in [2.45, 2.75) is 26.2 Å². The molecule has 2 nitrogen and oxygen atoms in total. The van der Waals surface area contributed by atoms with Gasteiger partial charge in [0.1, 0.15) is 6.29 Å². The third-order valence-corrected chi connectivity index (χ3v) is 2.94. The molecule has 1 atom stereocenters. The van der Waals surface area contributed by atoms with Crippen LogP contribution in [0.3, 0.4) is 0 Å². The minimum absolute atomic E-state index is 0.290. The van der Waals surface area contributed by atoms with E-state index in [1.54, 1.807) is 0 Å². The van der Waals surface area contributed by atoms with Crippen molar-refractivity contribution in [2.75, 3.05) is 0 Å². The Labute approximate surface area is 89.3 Å². The number of carbonyl (C=O) groups excluding carboxylic acids is 1. The first kappa shape index (κ1) is 9.97. The molecule has 0 bridgehead atoms. The molecule has 0 saturated heterocycles. The maximum atomic E-state index is 10.5. The molecular formula is C13H15NO. The molecule has 2 rings (SSSR count). The normalized spacial score (nSPS) is 12.9. The number of H-pyrrole nitrogens is 1. The van der Waals surface area contributed by atoms with Gasteiger partial charge in [-0.3, -0.25) is 0 Å². The van der Waals surface area contributed by atoms with Gasteiger partial charge in [0, 0.05) is 23.5 Å². The van der Waals surface area contributed by atoms with Crippen LogP contribution in [0.15, 0.2) is 24.4 Å². The minimum Gasteiger partial charge on any atom is -0.361 e. The average Bonchev–Trinajstić information content (AvgIpc) is 2.63. The highest BCUT2D eigenvalue weighted by Crippen LogP contribution is 2.28. The van der Waals surface area contributed by atoms with Gasteiger partial charge in [0.05, 0.1) is 0 Å². The summed E-state index contributed by atoms with van der Waals surface area (Å²) in [5.41, 5.74) is 3.67. The van der Waals surface area contributed by atoms with Gasteiger partial charge in [-0.05, 0) is 24.0 Å². The number of aryl methyl sites for hydroxylation is 1. The molecule has 2 aromatic rings. The molecule has 0 saturated carbocycles. The average molecular weight is 201 g/mol. The van der Waals surface area contributed by atoms with Crippen LogP contribution < -0.4 is 0 Å². The highest BCUT2D eigenvalue weighted by Gasteiger charge is 2.11. The van der Waals surface area contributed by atoms with Gasteiger partial charge in [-0.1, -0.05) is 25.1 Å². The molecule has 0 aliphatic heterocycles. The Balaban J connectivity index is 2.53. The second-order valence-electron chi connectivity index (χ2n) is 4.04. The first-order chi connectivity index (χ1) is 7.24. The molecule has 1 aromatic heterocycles. The summed E-state index contributed by atoms with van der Waals surface area (Å²) < 4.78 is 0. The van der Waals surface area contributed by atoms with Gasteiger partial charge in [-0.15, -0.1) is 0 Å². The predicted octanol–water partition coefficient (Wildman–Crippen LogP) is 3.17. The van der Waals surface area contributed by atoms with Crippen LogP contribution in [0.5, 0.6) is 0 Å². The first-order valence-corrected chi connectivity index (χ1v) is 5.24. The van der Waals surface area contributed by atoms with Gasteiger partial charge in [0.2, 0.25) is 0 Å². The second kappa shape index (κ2) is 3.89. The number of para-hydroxylation sites is 1. The van der Waals surface area contributed by atoms with Crippen molar-refractivity contribution in [3.05, 3.63) is 35.5 Å². The molecule has 0 fully saturated rings. The van der Waals surface area contributed by atoms with Gasteiger partial charge in [0.25, 0.3) is 0 Å². The lowest BCUT2D eigenvalue weighted by molar-refractivity contribution is -0.108. The minimum atomic E-state index is 0.290. The summed E-state index contributed by atoms with van der Waals surface area (Å²) in [6, 6.07) is 6.26. The number of carbonyl (C=O) groups is 1. The van der Waals surface area contributed by atoms with Crippen LogP contribution in [0.4, 0.5) is 0 Å². The van der Waals surface area contributed by atoms with E-state index in [1.807, 2.05) is 6.20 Å². The van der Waals surface area contributed by atoms with Crippen LogP contribution in [0.2, 0.25) is 0 Å². The fraction of sp³-hybridized carbons (Fsp3) is 0.308. The number of benzene rings is 1. The summed E-state index contributed by atoms with van der Waals surface area (Å²) in [6.45, 7) is 4.17. The Kier molecular flexibility index (Phi) is 2.58. The summed E-state index contributed by atoms with van der Waals surface area (Å²) in [7, 11) is 0. The molecular weight excluding hydrogens is 186 g/mol. The summed E-state index contributed by atoms with van der Waals surface area (Å²) in [5.74, 6) is 0.290. The summed E-state index contributed by atoms with van der Waals surface area (Å²) >= 11 is 0. The monoisotopic (exact) mass is 201 g/mol. The van der Waals surface area contributed by atoms with E-state index in [1.165, 1.54) is 22.0 Å². The molecule has 1 heterocycles. The van der Waals surface area contributed by atoms with Crippen molar-refractivity contribution >= 4 is 17.2 Å². The van der Waals surface area contributed by atoms with E-state index in [9.17, 15) is 4.79 Å². The lowest BCUT2D eigenvalue weighted by Crippen LogP contribution is -1.92. The molecule has 1 aromatic carbocycles. The number of hydrogen-bond donors (Lipinski definition) is 1. The van der Waals surface area contributed by atoms with Gasteiger partial charge < -0.3 is 9.78 Å².